The van der Waals surface area contributed by atoms with Gasteiger partial charge < -0.3 is 10.1 Å². The van der Waals surface area contributed by atoms with Gasteiger partial charge in [0.15, 0.2) is 0 Å². The summed E-state index contributed by atoms with van der Waals surface area (Å²) >= 11 is 0. The summed E-state index contributed by atoms with van der Waals surface area (Å²) in [7, 11) is 1.51. The van der Waals surface area contributed by atoms with E-state index in [1.54, 1.807) is 24.3 Å². The summed E-state index contributed by atoms with van der Waals surface area (Å²) in [6.07, 6.45) is 0. The third-order valence-corrected chi connectivity index (χ3v) is 1.40. The van der Waals surface area contributed by atoms with Crippen molar-refractivity contribution in [3.63, 3.8) is 0 Å². The molecule has 1 N–H and O–H groups in total. The van der Waals surface area contributed by atoms with Gasteiger partial charge in [0.05, 0.1) is 7.11 Å². The molecule has 0 aliphatic carbocycles. The van der Waals surface area contributed by atoms with Gasteiger partial charge in [-0.25, -0.2) is 0 Å². The molecule has 0 aliphatic heterocycles. The van der Waals surface area contributed by atoms with Crippen molar-refractivity contribution in [2.75, 3.05) is 12.4 Å². The summed E-state index contributed by atoms with van der Waals surface area (Å²) in [5.41, 5.74) is 0.424. The Kier molecular flexibility index (Phi) is 1.23. The molecule has 66 valence electrons. The Bertz CT molecular complexity index is 369. The van der Waals surface area contributed by atoms with Crippen molar-refractivity contribution in [2.45, 2.75) is 19.7 Å². The van der Waals surface area contributed by atoms with E-state index in [2.05, 4.69) is 5.32 Å². The Labute approximate surface area is 82.0 Å². The second kappa shape index (κ2) is 4.00. The van der Waals surface area contributed by atoms with Crippen LogP contribution in [0.25, 0.3) is 0 Å². The lowest BCUT2D eigenvalue weighted by molar-refractivity contribution is 0.415. The molecule has 2 nitrogen and oxygen atoms in total. The predicted molar refractivity (Wildman–Crippen MR) is 51.8 cm³/mol. The minimum atomic E-state index is -2.61. The Balaban J connectivity index is 2.90. The van der Waals surface area contributed by atoms with Crippen molar-refractivity contribution >= 4 is 5.69 Å². The summed E-state index contributed by atoms with van der Waals surface area (Å²) in [6.45, 7) is -5.21. The van der Waals surface area contributed by atoms with Crippen molar-refractivity contribution in [1.29, 1.82) is 0 Å². The van der Waals surface area contributed by atoms with Crippen LogP contribution in [0.15, 0.2) is 24.3 Å². The van der Waals surface area contributed by atoms with Crippen molar-refractivity contribution in [1.82, 2.24) is 0 Å². The fourth-order valence-corrected chi connectivity index (χ4v) is 0.854. The van der Waals surface area contributed by atoms with E-state index < -0.39 is 19.7 Å². The van der Waals surface area contributed by atoms with Crippen LogP contribution in [-0.2, 0) is 0 Å². The van der Waals surface area contributed by atoms with Crippen LogP contribution in [0.4, 0.5) is 5.69 Å². The third kappa shape index (κ3) is 2.46. The Morgan fingerprint density at radius 2 is 2.00 bits per heavy atom. The van der Waals surface area contributed by atoms with E-state index >= 15 is 0 Å². The fourth-order valence-electron chi connectivity index (χ4n) is 0.854. The summed E-state index contributed by atoms with van der Waals surface area (Å²) in [5, 5.41) is 2.53. The highest BCUT2D eigenvalue weighted by molar-refractivity contribution is 5.46. The van der Waals surface area contributed by atoms with E-state index in [0.717, 1.165) is 0 Å². The first kappa shape index (κ1) is 3.69. The number of nitrogens with one attached hydrogen (secondary N) is 1. The van der Waals surface area contributed by atoms with Gasteiger partial charge in [-0.05, 0) is 38.0 Å². The largest absolute Gasteiger partial charge is 0.497 e. The van der Waals surface area contributed by atoms with Crippen molar-refractivity contribution in [3.05, 3.63) is 24.3 Å². The molecule has 0 fully saturated rings. The fraction of sp³-hybridized carbons (Fsp3) is 0.400. The smallest absolute Gasteiger partial charge is 0.119 e. The summed E-state index contributed by atoms with van der Waals surface area (Å²) in [6, 6.07) is 4.79. The lowest BCUT2D eigenvalue weighted by Gasteiger charge is -2.09. The number of methoxy groups -OCH3 is 1. The highest BCUT2D eigenvalue weighted by atomic mass is 16.5. The van der Waals surface area contributed by atoms with Gasteiger partial charge in [0.1, 0.15) is 5.75 Å². The number of ether oxygens (including phenoxy) is 1. The number of hydrogen-bond donors (Lipinski definition) is 1. The first-order chi connectivity index (χ1) is 8.14. The van der Waals surface area contributed by atoms with Gasteiger partial charge in [-0.3, -0.25) is 0 Å². The first-order valence-electron chi connectivity index (χ1n) is 6.55. The molecule has 0 amide bonds. The number of hydrogen-bond acceptors (Lipinski definition) is 2. The molecule has 0 spiro atoms. The molecule has 0 unspecified atom stereocenters. The van der Waals surface area contributed by atoms with Crippen LogP contribution in [0.1, 0.15) is 21.9 Å². The topological polar surface area (TPSA) is 21.3 Å². The van der Waals surface area contributed by atoms with E-state index in [1.807, 2.05) is 0 Å². The lowest BCUT2D eigenvalue weighted by atomic mass is 10.3. The molecule has 0 heterocycles. The van der Waals surface area contributed by atoms with E-state index in [1.165, 1.54) is 7.11 Å². The number of anilines is 1. The normalized spacial score (nSPS) is 19.5. The van der Waals surface area contributed by atoms with Crippen LogP contribution < -0.4 is 10.1 Å². The van der Waals surface area contributed by atoms with Crippen LogP contribution in [0, 0.1) is 0 Å². The Hall–Kier alpha value is -1.18. The quantitative estimate of drug-likeness (QED) is 0.754. The van der Waals surface area contributed by atoms with Gasteiger partial charge in [-0.1, -0.05) is 0 Å². The maximum Gasteiger partial charge on any atom is 0.119 e. The monoisotopic (exact) mass is 171 g/mol. The molecule has 0 saturated heterocycles. The molecule has 12 heavy (non-hydrogen) atoms. The lowest BCUT2D eigenvalue weighted by Crippen LogP contribution is -2.09. The molecule has 0 bridgehead atoms. The van der Waals surface area contributed by atoms with E-state index in [-0.39, 0.29) is 0 Å². The zero-order chi connectivity index (χ0) is 14.0. The van der Waals surface area contributed by atoms with E-state index in [0.29, 0.717) is 11.4 Å². The van der Waals surface area contributed by atoms with Crippen molar-refractivity contribution in [2.24, 2.45) is 0 Å². The number of benzene rings is 1. The van der Waals surface area contributed by atoms with Crippen LogP contribution in [0.3, 0.4) is 0 Å². The first-order valence-corrected chi connectivity index (χ1v) is 3.55. The average molecular weight is 171 g/mol. The molecule has 0 aliphatic rings. The molecule has 1 rings (SSSR count). The molecule has 2 heteroatoms. The SMILES string of the molecule is [2H]C([2H])([2H])C(Nc1ccc(OC)cc1)C([2H])([2H])[2H]. The minimum Gasteiger partial charge on any atom is -0.497 e. The van der Waals surface area contributed by atoms with E-state index in [4.69, 9.17) is 13.0 Å². The van der Waals surface area contributed by atoms with Crippen molar-refractivity contribution in [3.8, 4) is 5.75 Å². The highest BCUT2D eigenvalue weighted by Gasteiger charge is 1.94. The molecule has 0 saturated carbocycles. The van der Waals surface area contributed by atoms with Crippen LogP contribution in [-0.4, -0.2) is 13.2 Å². The van der Waals surface area contributed by atoms with Gasteiger partial charge in [0.25, 0.3) is 0 Å². The molecule has 0 aromatic heterocycles. The van der Waals surface area contributed by atoms with E-state index in [9.17, 15) is 0 Å². The number of rotatable bonds is 3. The summed E-state index contributed by atoms with van der Waals surface area (Å²) in [4.78, 5) is 0. The van der Waals surface area contributed by atoms with Gasteiger partial charge in [0, 0.05) is 20.0 Å². The molecular weight excluding hydrogens is 150 g/mol. The third-order valence-electron chi connectivity index (χ3n) is 1.40. The second-order valence-electron chi connectivity index (χ2n) is 2.31. The van der Waals surface area contributed by atoms with Crippen molar-refractivity contribution < 1.29 is 13.0 Å². The summed E-state index contributed by atoms with van der Waals surface area (Å²) < 4.78 is 48.5. The molecule has 1 aromatic rings. The standard InChI is InChI=1S/C10H15NO/c1-8(2)11-9-4-6-10(12-3)7-5-9/h4-8,11H,1-3H3/i1D3,2D3. The molecule has 0 radical (unpaired) electrons. The predicted octanol–water partition coefficient (Wildman–Crippen LogP) is 2.52. The van der Waals surface area contributed by atoms with Gasteiger partial charge in [-0.15, -0.1) is 0 Å². The molecule has 1 aromatic carbocycles. The average Bonchev–Trinajstić information content (AvgIpc) is 2.23. The summed E-state index contributed by atoms with van der Waals surface area (Å²) in [5.74, 6) is 0.611. The minimum absolute atomic E-state index is 0.424. The zero-order valence-electron chi connectivity index (χ0n) is 12.8. The molecule has 0 atom stereocenters. The second-order valence-corrected chi connectivity index (χ2v) is 2.31. The van der Waals surface area contributed by atoms with Gasteiger partial charge >= 0.3 is 0 Å². The highest BCUT2D eigenvalue weighted by Crippen LogP contribution is 2.15. The zero-order valence-corrected chi connectivity index (χ0v) is 6.79. The maximum atomic E-state index is 7.26. The van der Waals surface area contributed by atoms with Gasteiger partial charge in [0.2, 0.25) is 0 Å². The molecular formula is C10H15NO. The maximum absolute atomic E-state index is 7.26. The Morgan fingerprint density at radius 3 is 2.50 bits per heavy atom. The van der Waals surface area contributed by atoms with Crippen LogP contribution in [0.2, 0.25) is 0 Å². The van der Waals surface area contributed by atoms with Crippen LogP contribution >= 0.6 is 0 Å². The van der Waals surface area contributed by atoms with Gasteiger partial charge in [-0.2, -0.15) is 0 Å². The van der Waals surface area contributed by atoms with Crippen LogP contribution in [0.5, 0.6) is 5.75 Å². The Morgan fingerprint density at radius 1 is 1.33 bits per heavy atom.